The van der Waals surface area contributed by atoms with E-state index in [-0.39, 0.29) is 5.91 Å². The number of para-hydroxylation sites is 1. The number of aromatic nitrogens is 1. The van der Waals surface area contributed by atoms with Crippen molar-refractivity contribution < 1.29 is 9.59 Å². The van der Waals surface area contributed by atoms with Gasteiger partial charge in [0.15, 0.2) is 5.13 Å². The van der Waals surface area contributed by atoms with E-state index in [9.17, 15) is 9.59 Å². The SMILES string of the molecule is Cc1nc(NC(=O)Nc2cccc(Cl)c2)sc1C(=O)N1CCN(c2ccccc2Cl)CC1. The number of carbonyl (C=O) groups excluding carboxylic acids is 2. The highest BCUT2D eigenvalue weighted by atomic mass is 35.5. The molecule has 3 amide bonds. The minimum atomic E-state index is -0.451. The fourth-order valence-electron chi connectivity index (χ4n) is 3.48. The van der Waals surface area contributed by atoms with Crippen LogP contribution in [0.2, 0.25) is 10.0 Å². The fraction of sp³-hybridized carbons (Fsp3) is 0.227. The molecule has 0 saturated carbocycles. The van der Waals surface area contributed by atoms with Crippen molar-refractivity contribution in [2.24, 2.45) is 0 Å². The Balaban J connectivity index is 1.37. The number of hydrogen-bond donors (Lipinski definition) is 2. The topological polar surface area (TPSA) is 77.6 Å². The number of urea groups is 1. The minimum Gasteiger partial charge on any atom is -0.367 e. The Morgan fingerprint density at radius 1 is 1.00 bits per heavy atom. The molecule has 0 atom stereocenters. The number of thiazole rings is 1. The highest BCUT2D eigenvalue weighted by Gasteiger charge is 2.26. The lowest BCUT2D eigenvalue weighted by Gasteiger charge is -2.36. The van der Waals surface area contributed by atoms with E-state index in [1.807, 2.05) is 29.2 Å². The Bertz CT molecular complexity index is 1140. The van der Waals surface area contributed by atoms with Gasteiger partial charge in [0.25, 0.3) is 5.91 Å². The Hall–Kier alpha value is -2.81. The molecule has 32 heavy (non-hydrogen) atoms. The number of piperazine rings is 1. The van der Waals surface area contributed by atoms with Gasteiger partial charge in [-0.2, -0.15) is 0 Å². The van der Waals surface area contributed by atoms with Crippen molar-refractivity contribution in [1.82, 2.24) is 9.88 Å². The summed E-state index contributed by atoms with van der Waals surface area (Å²) < 4.78 is 0. The van der Waals surface area contributed by atoms with Crippen LogP contribution < -0.4 is 15.5 Å². The summed E-state index contributed by atoms with van der Waals surface area (Å²) in [6.45, 7) is 4.32. The number of nitrogens with one attached hydrogen (secondary N) is 2. The van der Waals surface area contributed by atoms with Gasteiger partial charge in [-0.15, -0.1) is 0 Å². The lowest BCUT2D eigenvalue weighted by Crippen LogP contribution is -2.48. The summed E-state index contributed by atoms with van der Waals surface area (Å²) in [7, 11) is 0. The maximum Gasteiger partial charge on any atom is 0.325 e. The van der Waals surface area contributed by atoms with Gasteiger partial charge in [0.1, 0.15) is 4.88 Å². The van der Waals surface area contributed by atoms with Crippen molar-refractivity contribution in [2.45, 2.75) is 6.92 Å². The van der Waals surface area contributed by atoms with E-state index in [0.717, 1.165) is 5.69 Å². The van der Waals surface area contributed by atoms with Gasteiger partial charge in [0, 0.05) is 36.9 Å². The summed E-state index contributed by atoms with van der Waals surface area (Å²) >= 11 is 13.4. The van der Waals surface area contributed by atoms with Crippen LogP contribution in [0.15, 0.2) is 48.5 Å². The normalized spacial score (nSPS) is 13.7. The summed E-state index contributed by atoms with van der Waals surface area (Å²) in [5.74, 6) is -0.0814. The zero-order valence-electron chi connectivity index (χ0n) is 17.3. The number of aryl methyl sites for hydroxylation is 1. The number of nitrogens with zero attached hydrogens (tertiary/aromatic N) is 3. The second kappa shape index (κ2) is 9.77. The molecule has 0 bridgehead atoms. The predicted molar refractivity (Wildman–Crippen MR) is 131 cm³/mol. The Labute approximate surface area is 200 Å². The van der Waals surface area contributed by atoms with Crippen LogP contribution in [0.1, 0.15) is 15.4 Å². The number of hydrogen-bond acceptors (Lipinski definition) is 5. The highest BCUT2D eigenvalue weighted by molar-refractivity contribution is 7.17. The molecule has 1 saturated heterocycles. The monoisotopic (exact) mass is 489 g/mol. The van der Waals surface area contributed by atoms with E-state index in [1.165, 1.54) is 11.3 Å². The number of amides is 3. The van der Waals surface area contributed by atoms with Gasteiger partial charge in [-0.3, -0.25) is 10.1 Å². The first-order valence-electron chi connectivity index (χ1n) is 10.0. The highest BCUT2D eigenvalue weighted by Crippen LogP contribution is 2.28. The number of halogens is 2. The van der Waals surface area contributed by atoms with Gasteiger partial charge in [0.05, 0.1) is 16.4 Å². The van der Waals surface area contributed by atoms with Crippen LogP contribution in [0.3, 0.4) is 0 Å². The van der Waals surface area contributed by atoms with E-state index in [0.29, 0.717) is 57.6 Å². The van der Waals surface area contributed by atoms with Crippen molar-refractivity contribution >= 4 is 63.0 Å². The molecule has 4 rings (SSSR count). The van der Waals surface area contributed by atoms with Crippen LogP contribution >= 0.6 is 34.5 Å². The largest absolute Gasteiger partial charge is 0.367 e. The smallest absolute Gasteiger partial charge is 0.325 e. The minimum absolute atomic E-state index is 0.0814. The van der Waals surface area contributed by atoms with Crippen LogP contribution in [-0.4, -0.2) is 48.0 Å². The molecule has 1 aliphatic rings. The van der Waals surface area contributed by atoms with Gasteiger partial charge < -0.3 is 15.1 Å². The van der Waals surface area contributed by atoms with Crippen molar-refractivity contribution in [3.8, 4) is 0 Å². The van der Waals surface area contributed by atoms with Crippen LogP contribution in [0.5, 0.6) is 0 Å². The standard InChI is InChI=1S/C22H21Cl2N5O2S/c1-14-19(32-22(25-14)27-21(31)26-16-6-4-5-15(23)13-16)20(30)29-11-9-28(10-12-29)18-8-3-2-7-17(18)24/h2-8,13H,9-12H2,1H3,(H2,25,26,27,31). The van der Waals surface area contributed by atoms with Gasteiger partial charge in [-0.05, 0) is 37.3 Å². The van der Waals surface area contributed by atoms with Crippen molar-refractivity contribution in [1.29, 1.82) is 0 Å². The van der Waals surface area contributed by atoms with E-state index in [2.05, 4.69) is 20.5 Å². The predicted octanol–water partition coefficient (Wildman–Crippen LogP) is 5.36. The third kappa shape index (κ3) is 5.15. The summed E-state index contributed by atoms with van der Waals surface area (Å²) in [6.07, 6.45) is 0. The van der Waals surface area contributed by atoms with Crippen LogP contribution in [0.25, 0.3) is 0 Å². The number of carbonyl (C=O) groups is 2. The van der Waals surface area contributed by atoms with Gasteiger partial charge >= 0.3 is 6.03 Å². The Kier molecular flexibility index (Phi) is 6.83. The molecule has 10 heteroatoms. The Morgan fingerprint density at radius 3 is 2.47 bits per heavy atom. The molecule has 1 aliphatic heterocycles. The van der Waals surface area contributed by atoms with Gasteiger partial charge in [-0.25, -0.2) is 9.78 Å². The first kappa shape index (κ1) is 22.4. The molecule has 0 radical (unpaired) electrons. The molecule has 2 N–H and O–H groups in total. The molecule has 2 heterocycles. The third-order valence-electron chi connectivity index (χ3n) is 5.05. The molecule has 0 spiro atoms. The number of benzene rings is 2. The first-order chi connectivity index (χ1) is 15.4. The van der Waals surface area contributed by atoms with Gasteiger partial charge in [0.2, 0.25) is 0 Å². The van der Waals surface area contributed by atoms with Crippen molar-refractivity contribution in [3.05, 3.63) is 69.1 Å². The molecule has 3 aromatic rings. The zero-order valence-corrected chi connectivity index (χ0v) is 19.6. The van der Waals surface area contributed by atoms with Crippen molar-refractivity contribution in [2.75, 3.05) is 41.7 Å². The second-order valence-electron chi connectivity index (χ2n) is 7.25. The lowest BCUT2D eigenvalue weighted by atomic mass is 10.2. The maximum atomic E-state index is 13.1. The average molecular weight is 490 g/mol. The van der Waals surface area contributed by atoms with E-state index in [4.69, 9.17) is 23.2 Å². The molecule has 0 unspecified atom stereocenters. The Morgan fingerprint density at radius 2 is 1.75 bits per heavy atom. The summed E-state index contributed by atoms with van der Waals surface area (Å²) in [6, 6.07) is 14.1. The molecule has 2 aromatic carbocycles. The summed E-state index contributed by atoms with van der Waals surface area (Å²) in [4.78, 5) is 34.2. The molecular formula is C22H21Cl2N5O2S. The fourth-order valence-corrected chi connectivity index (χ4v) is 4.85. The quantitative estimate of drug-likeness (QED) is 0.516. The third-order valence-corrected chi connectivity index (χ3v) is 6.67. The number of rotatable bonds is 4. The maximum absolute atomic E-state index is 13.1. The summed E-state index contributed by atoms with van der Waals surface area (Å²) in [5.41, 5.74) is 2.13. The van der Waals surface area contributed by atoms with Crippen LogP contribution in [-0.2, 0) is 0 Å². The van der Waals surface area contributed by atoms with Crippen molar-refractivity contribution in [3.63, 3.8) is 0 Å². The van der Waals surface area contributed by atoms with E-state index in [1.54, 1.807) is 31.2 Å². The van der Waals surface area contributed by atoms with Gasteiger partial charge in [-0.1, -0.05) is 52.7 Å². The van der Waals surface area contributed by atoms with E-state index < -0.39 is 6.03 Å². The molecule has 166 valence electrons. The number of anilines is 3. The first-order valence-corrected chi connectivity index (χ1v) is 11.6. The molecule has 1 fully saturated rings. The average Bonchev–Trinajstić information content (AvgIpc) is 3.13. The van der Waals surface area contributed by atoms with Crippen LogP contribution in [0.4, 0.5) is 21.3 Å². The molecule has 0 aliphatic carbocycles. The van der Waals surface area contributed by atoms with Crippen LogP contribution in [0, 0.1) is 6.92 Å². The van der Waals surface area contributed by atoms with E-state index >= 15 is 0 Å². The molecular weight excluding hydrogens is 469 g/mol. The lowest BCUT2D eigenvalue weighted by molar-refractivity contribution is 0.0750. The zero-order chi connectivity index (χ0) is 22.7. The molecule has 7 nitrogen and oxygen atoms in total. The summed E-state index contributed by atoms with van der Waals surface area (Å²) in [5, 5.41) is 6.97. The second-order valence-corrected chi connectivity index (χ2v) is 9.10. The molecule has 1 aromatic heterocycles.